The number of hydrogen-bond donors (Lipinski definition) is 2. The number of nitrogens with one attached hydrogen (secondary N) is 1. The Labute approximate surface area is 109 Å². The summed E-state index contributed by atoms with van der Waals surface area (Å²) in [5, 5.41) is 3.49. The number of nitrogens with two attached hydrogens (primary N) is 1. The van der Waals surface area contributed by atoms with Crippen LogP contribution in [0.5, 0.6) is 0 Å². The summed E-state index contributed by atoms with van der Waals surface area (Å²) in [7, 11) is 4.09. The topological polar surface area (TPSA) is 67.1 Å². The molecule has 1 aliphatic heterocycles. The fourth-order valence-corrected chi connectivity index (χ4v) is 2.31. The Morgan fingerprint density at radius 3 is 2.72 bits per heavy atom. The summed E-state index contributed by atoms with van der Waals surface area (Å²) < 4.78 is 0. The lowest BCUT2D eigenvalue weighted by atomic mass is 10.0. The molecule has 1 aromatic rings. The first-order valence-electron chi connectivity index (χ1n) is 6.64. The van der Waals surface area contributed by atoms with Crippen LogP contribution in [0.4, 0.5) is 0 Å². The van der Waals surface area contributed by atoms with Crippen LogP contribution in [0.3, 0.4) is 0 Å². The second kappa shape index (κ2) is 6.22. The third kappa shape index (κ3) is 3.48. The van der Waals surface area contributed by atoms with E-state index in [0.717, 1.165) is 36.7 Å². The van der Waals surface area contributed by atoms with Gasteiger partial charge < -0.3 is 16.0 Å². The van der Waals surface area contributed by atoms with Gasteiger partial charge in [0, 0.05) is 13.1 Å². The van der Waals surface area contributed by atoms with Gasteiger partial charge in [-0.2, -0.15) is 0 Å². The van der Waals surface area contributed by atoms with E-state index in [-0.39, 0.29) is 0 Å². The van der Waals surface area contributed by atoms with Crippen LogP contribution in [-0.2, 0) is 13.1 Å². The Hall–Kier alpha value is -1.04. The fraction of sp³-hybridized carbons (Fsp3) is 0.692. The second-order valence-electron chi connectivity index (χ2n) is 5.15. The number of piperidine rings is 1. The standard InChI is InChI=1S/C13H23N5/c1-18(2)9-11-7-10(8-14)16-13(17-11)12-5-3-4-6-15-12/h7,12,15H,3-6,8-9,14H2,1-2H3. The van der Waals surface area contributed by atoms with Gasteiger partial charge in [-0.1, -0.05) is 6.42 Å². The minimum atomic E-state index is 0.297. The van der Waals surface area contributed by atoms with Crippen molar-refractivity contribution in [2.45, 2.75) is 38.4 Å². The van der Waals surface area contributed by atoms with Crippen LogP contribution in [0.2, 0.25) is 0 Å². The van der Waals surface area contributed by atoms with Crippen LogP contribution in [0.25, 0.3) is 0 Å². The molecule has 2 rings (SSSR count). The molecule has 1 saturated heterocycles. The third-order valence-corrected chi connectivity index (χ3v) is 3.16. The van der Waals surface area contributed by atoms with Crippen molar-refractivity contribution in [2.24, 2.45) is 5.73 Å². The summed E-state index contributed by atoms with van der Waals surface area (Å²) in [4.78, 5) is 11.4. The van der Waals surface area contributed by atoms with Crippen molar-refractivity contribution in [3.8, 4) is 0 Å². The first-order chi connectivity index (χ1) is 8.69. The van der Waals surface area contributed by atoms with E-state index in [9.17, 15) is 0 Å². The number of aromatic nitrogens is 2. The molecule has 0 aromatic carbocycles. The third-order valence-electron chi connectivity index (χ3n) is 3.16. The summed E-state index contributed by atoms with van der Waals surface area (Å²) in [6, 6.07) is 2.30. The number of rotatable bonds is 4. The molecule has 0 bridgehead atoms. The minimum Gasteiger partial charge on any atom is -0.325 e. The Kier molecular flexibility index (Phi) is 4.63. The summed E-state index contributed by atoms with van der Waals surface area (Å²) in [5.74, 6) is 0.912. The largest absolute Gasteiger partial charge is 0.325 e. The lowest BCUT2D eigenvalue weighted by Crippen LogP contribution is -2.29. The predicted octanol–water partition coefficient (Wildman–Crippen LogP) is 0.812. The molecule has 0 amide bonds. The maximum absolute atomic E-state index is 5.72. The highest BCUT2D eigenvalue weighted by Crippen LogP contribution is 2.20. The zero-order valence-electron chi connectivity index (χ0n) is 11.3. The van der Waals surface area contributed by atoms with Crippen LogP contribution in [0.15, 0.2) is 6.07 Å². The van der Waals surface area contributed by atoms with Crippen molar-refractivity contribution >= 4 is 0 Å². The molecule has 0 radical (unpaired) electrons. The maximum Gasteiger partial charge on any atom is 0.145 e. The highest BCUT2D eigenvalue weighted by atomic mass is 15.1. The SMILES string of the molecule is CN(C)Cc1cc(CN)nc(C2CCCCN2)n1. The van der Waals surface area contributed by atoms with Gasteiger partial charge >= 0.3 is 0 Å². The van der Waals surface area contributed by atoms with Gasteiger partial charge in [0.1, 0.15) is 5.82 Å². The monoisotopic (exact) mass is 249 g/mol. The van der Waals surface area contributed by atoms with Crippen molar-refractivity contribution in [3.05, 3.63) is 23.3 Å². The normalized spacial score (nSPS) is 20.3. The molecule has 100 valence electrons. The van der Waals surface area contributed by atoms with Crippen LogP contribution in [0, 0.1) is 0 Å². The van der Waals surface area contributed by atoms with Gasteiger partial charge in [-0.15, -0.1) is 0 Å². The van der Waals surface area contributed by atoms with Gasteiger partial charge in [0.25, 0.3) is 0 Å². The molecule has 0 spiro atoms. The molecule has 1 fully saturated rings. The molecule has 5 nitrogen and oxygen atoms in total. The van der Waals surface area contributed by atoms with Crippen molar-refractivity contribution in [2.75, 3.05) is 20.6 Å². The Morgan fingerprint density at radius 1 is 1.33 bits per heavy atom. The van der Waals surface area contributed by atoms with Crippen molar-refractivity contribution < 1.29 is 0 Å². The quantitative estimate of drug-likeness (QED) is 0.826. The van der Waals surface area contributed by atoms with Gasteiger partial charge in [-0.25, -0.2) is 9.97 Å². The first kappa shape index (κ1) is 13.4. The van der Waals surface area contributed by atoms with E-state index < -0.39 is 0 Å². The van der Waals surface area contributed by atoms with Gasteiger partial charge in [-0.3, -0.25) is 0 Å². The van der Waals surface area contributed by atoms with Crippen molar-refractivity contribution in [1.29, 1.82) is 0 Å². The maximum atomic E-state index is 5.72. The van der Waals surface area contributed by atoms with Crippen molar-refractivity contribution in [1.82, 2.24) is 20.2 Å². The molecular weight excluding hydrogens is 226 g/mol. The Balaban J connectivity index is 2.22. The van der Waals surface area contributed by atoms with Gasteiger partial charge in [0.15, 0.2) is 0 Å². The Bertz CT molecular complexity index is 385. The van der Waals surface area contributed by atoms with Crippen LogP contribution >= 0.6 is 0 Å². The smallest absolute Gasteiger partial charge is 0.145 e. The first-order valence-corrected chi connectivity index (χ1v) is 6.64. The molecule has 1 aliphatic rings. The lowest BCUT2D eigenvalue weighted by Gasteiger charge is -2.23. The number of nitrogens with zero attached hydrogens (tertiary/aromatic N) is 3. The molecule has 1 atom stereocenters. The molecule has 1 unspecified atom stereocenters. The van der Waals surface area contributed by atoms with Gasteiger partial charge in [-0.05, 0) is 39.5 Å². The highest BCUT2D eigenvalue weighted by molar-refractivity contribution is 5.13. The van der Waals surface area contributed by atoms with Gasteiger partial charge in [0.05, 0.1) is 17.4 Å². The van der Waals surface area contributed by atoms with E-state index in [2.05, 4.69) is 20.2 Å². The number of hydrogen-bond acceptors (Lipinski definition) is 5. The van der Waals surface area contributed by atoms with Crippen LogP contribution in [-0.4, -0.2) is 35.5 Å². The molecule has 5 heteroatoms. The predicted molar refractivity (Wildman–Crippen MR) is 71.9 cm³/mol. The summed E-state index contributed by atoms with van der Waals surface area (Å²) in [6.45, 7) is 2.36. The molecule has 1 aromatic heterocycles. The molecule has 0 saturated carbocycles. The molecule has 2 heterocycles. The molecular formula is C13H23N5. The average Bonchev–Trinajstić information content (AvgIpc) is 2.38. The van der Waals surface area contributed by atoms with E-state index in [1.807, 2.05) is 20.2 Å². The van der Waals surface area contributed by atoms with Crippen LogP contribution in [0.1, 0.15) is 42.5 Å². The zero-order valence-corrected chi connectivity index (χ0v) is 11.3. The molecule has 18 heavy (non-hydrogen) atoms. The lowest BCUT2D eigenvalue weighted by molar-refractivity contribution is 0.380. The fourth-order valence-electron chi connectivity index (χ4n) is 2.31. The zero-order chi connectivity index (χ0) is 13.0. The van der Waals surface area contributed by atoms with Crippen molar-refractivity contribution in [3.63, 3.8) is 0 Å². The van der Waals surface area contributed by atoms with Gasteiger partial charge in [0.2, 0.25) is 0 Å². The van der Waals surface area contributed by atoms with E-state index in [0.29, 0.717) is 12.6 Å². The highest BCUT2D eigenvalue weighted by Gasteiger charge is 2.18. The molecule has 3 N–H and O–H groups in total. The Morgan fingerprint density at radius 2 is 2.11 bits per heavy atom. The summed E-state index contributed by atoms with van der Waals surface area (Å²) in [5.41, 5.74) is 7.71. The minimum absolute atomic E-state index is 0.297. The van der Waals surface area contributed by atoms with E-state index in [1.54, 1.807) is 0 Å². The van der Waals surface area contributed by atoms with E-state index in [1.165, 1.54) is 12.8 Å². The van der Waals surface area contributed by atoms with E-state index >= 15 is 0 Å². The summed E-state index contributed by atoms with van der Waals surface area (Å²) in [6.07, 6.45) is 3.62. The van der Waals surface area contributed by atoms with E-state index in [4.69, 9.17) is 5.73 Å². The average molecular weight is 249 g/mol. The molecule has 0 aliphatic carbocycles. The van der Waals surface area contributed by atoms with Crippen LogP contribution < -0.4 is 11.1 Å². The second-order valence-corrected chi connectivity index (χ2v) is 5.15. The summed E-state index contributed by atoms with van der Waals surface area (Å²) >= 11 is 0.